The third kappa shape index (κ3) is 1.42. The molecule has 0 aromatic heterocycles. The van der Waals surface area contributed by atoms with Gasteiger partial charge in [0.2, 0.25) is 0 Å². The SMILES string of the molecule is CC1C=CCCC12CCCOC2O. The first-order valence-corrected chi connectivity index (χ1v) is 5.22. The molecule has 0 amide bonds. The summed E-state index contributed by atoms with van der Waals surface area (Å²) in [6.07, 6.45) is 8.27. The van der Waals surface area contributed by atoms with E-state index >= 15 is 0 Å². The van der Waals surface area contributed by atoms with E-state index in [0.29, 0.717) is 5.92 Å². The maximum absolute atomic E-state index is 9.90. The lowest BCUT2D eigenvalue weighted by Crippen LogP contribution is -2.46. The van der Waals surface area contributed by atoms with Crippen LogP contribution >= 0.6 is 0 Å². The van der Waals surface area contributed by atoms with E-state index in [4.69, 9.17) is 4.74 Å². The van der Waals surface area contributed by atoms with Gasteiger partial charge in [-0.2, -0.15) is 0 Å². The van der Waals surface area contributed by atoms with Crippen LogP contribution in [0.1, 0.15) is 32.6 Å². The molecule has 3 atom stereocenters. The lowest BCUT2D eigenvalue weighted by Gasteiger charge is -2.46. The summed E-state index contributed by atoms with van der Waals surface area (Å²) in [5.41, 5.74) is 0.0208. The van der Waals surface area contributed by atoms with Crippen molar-refractivity contribution in [1.82, 2.24) is 0 Å². The quantitative estimate of drug-likeness (QED) is 0.581. The zero-order valence-electron chi connectivity index (χ0n) is 8.20. The van der Waals surface area contributed by atoms with Crippen molar-refractivity contribution in [1.29, 1.82) is 0 Å². The molecule has 0 aromatic carbocycles. The van der Waals surface area contributed by atoms with E-state index in [1.807, 2.05) is 0 Å². The minimum atomic E-state index is -0.541. The zero-order valence-corrected chi connectivity index (χ0v) is 8.20. The van der Waals surface area contributed by atoms with Crippen LogP contribution in [0.5, 0.6) is 0 Å². The molecule has 2 heteroatoms. The summed E-state index contributed by atoms with van der Waals surface area (Å²) >= 11 is 0. The molecule has 0 aromatic rings. The van der Waals surface area contributed by atoms with E-state index in [2.05, 4.69) is 19.1 Å². The normalized spacial score (nSPS) is 45.4. The van der Waals surface area contributed by atoms with Crippen LogP contribution in [0.3, 0.4) is 0 Å². The van der Waals surface area contributed by atoms with E-state index in [-0.39, 0.29) is 5.41 Å². The van der Waals surface area contributed by atoms with Crippen LogP contribution in [0, 0.1) is 11.3 Å². The van der Waals surface area contributed by atoms with Crippen molar-refractivity contribution < 1.29 is 9.84 Å². The Bertz CT molecular complexity index is 212. The number of rotatable bonds is 0. The maximum atomic E-state index is 9.90. The molecule has 3 unspecified atom stereocenters. The highest BCUT2D eigenvalue weighted by Crippen LogP contribution is 2.46. The van der Waals surface area contributed by atoms with Gasteiger partial charge in [-0.05, 0) is 31.6 Å². The zero-order chi connectivity index (χ0) is 9.31. The van der Waals surface area contributed by atoms with Crippen molar-refractivity contribution in [2.24, 2.45) is 11.3 Å². The Morgan fingerprint density at radius 2 is 2.31 bits per heavy atom. The highest BCUT2D eigenvalue weighted by molar-refractivity contribution is 5.04. The van der Waals surface area contributed by atoms with Crippen LogP contribution in [0.15, 0.2) is 12.2 Å². The minimum Gasteiger partial charge on any atom is -0.367 e. The molecular formula is C11H18O2. The fraction of sp³-hybridized carbons (Fsp3) is 0.818. The van der Waals surface area contributed by atoms with Crippen molar-refractivity contribution in [2.75, 3.05) is 6.61 Å². The first-order chi connectivity index (χ1) is 6.26. The first kappa shape index (κ1) is 9.22. The van der Waals surface area contributed by atoms with Crippen molar-refractivity contribution in [3.05, 3.63) is 12.2 Å². The van der Waals surface area contributed by atoms with Gasteiger partial charge in [-0.3, -0.25) is 0 Å². The lowest BCUT2D eigenvalue weighted by atomic mass is 9.66. The monoisotopic (exact) mass is 182 g/mol. The third-order valence-corrected chi connectivity index (χ3v) is 3.66. The summed E-state index contributed by atoms with van der Waals surface area (Å²) in [5.74, 6) is 0.455. The van der Waals surface area contributed by atoms with Crippen LogP contribution in [-0.2, 0) is 4.74 Å². The molecule has 1 heterocycles. The molecule has 74 valence electrons. The molecule has 1 saturated heterocycles. The number of aliphatic hydroxyl groups excluding tert-OH is 1. The molecule has 0 saturated carbocycles. The van der Waals surface area contributed by atoms with Gasteiger partial charge in [0, 0.05) is 12.0 Å². The second kappa shape index (κ2) is 3.43. The number of allylic oxidation sites excluding steroid dienone is 2. The number of aliphatic hydroxyl groups is 1. The van der Waals surface area contributed by atoms with Crippen LogP contribution in [0.2, 0.25) is 0 Å². The minimum absolute atomic E-state index is 0.0208. The summed E-state index contributed by atoms with van der Waals surface area (Å²) in [6, 6.07) is 0. The number of ether oxygens (including phenoxy) is 1. The number of hydrogen-bond acceptors (Lipinski definition) is 2. The molecule has 1 spiro atoms. The van der Waals surface area contributed by atoms with E-state index in [1.54, 1.807) is 0 Å². The Balaban J connectivity index is 2.20. The van der Waals surface area contributed by atoms with Crippen molar-refractivity contribution in [3.63, 3.8) is 0 Å². The standard InChI is InChI=1S/C11H18O2/c1-9-5-2-3-6-11(9)7-4-8-13-10(11)12/h2,5,9-10,12H,3-4,6-8H2,1H3. The molecule has 1 N–H and O–H groups in total. The lowest BCUT2D eigenvalue weighted by molar-refractivity contribution is -0.218. The van der Waals surface area contributed by atoms with Gasteiger partial charge < -0.3 is 9.84 Å². The Kier molecular flexibility index (Phi) is 2.43. The van der Waals surface area contributed by atoms with Crippen LogP contribution in [0.4, 0.5) is 0 Å². The van der Waals surface area contributed by atoms with E-state index in [1.165, 1.54) is 0 Å². The topological polar surface area (TPSA) is 29.5 Å². The second-order valence-corrected chi connectivity index (χ2v) is 4.32. The predicted molar refractivity (Wildman–Crippen MR) is 51.2 cm³/mol. The van der Waals surface area contributed by atoms with Gasteiger partial charge >= 0.3 is 0 Å². The molecule has 2 nitrogen and oxygen atoms in total. The average Bonchev–Trinajstić information content (AvgIpc) is 2.15. The molecule has 1 aliphatic heterocycles. The summed E-state index contributed by atoms with van der Waals surface area (Å²) in [6.45, 7) is 2.91. The molecule has 2 aliphatic rings. The summed E-state index contributed by atoms with van der Waals surface area (Å²) in [4.78, 5) is 0. The smallest absolute Gasteiger partial charge is 0.160 e. The first-order valence-electron chi connectivity index (χ1n) is 5.22. The Hall–Kier alpha value is -0.340. The highest BCUT2D eigenvalue weighted by Gasteiger charge is 2.44. The van der Waals surface area contributed by atoms with Gasteiger partial charge in [0.1, 0.15) is 0 Å². The molecule has 13 heavy (non-hydrogen) atoms. The molecule has 1 aliphatic carbocycles. The van der Waals surface area contributed by atoms with Gasteiger partial charge in [0.15, 0.2) is 6.29 Å². The summed E-state index contributed by atoms with van der Waals surface area (Å²) in [7, 11) is 0. The van der Waals surface area contributed by atoms with Crippen LogP contribution in [0.25, 0.3) is 0 Å². The third-order valence-electron chi connectivity index (χ3n) is 3.66. The van der Waals surface area contributed by atoms with Gasteiger partial charge in [0.25, 0.3) is 0 Å². The van der Waals surface area contributed by atoms with Crippen molar-refractivity contribution >= 4 is 0 Å². The molecule has 1 fully saturated rings. The van der Waals surface area contributed by atoms with Crippen molar-refractivity contribution in [2.45, 2.75) is 38.9 Å². The van der Waals surface area contributed by atoms with E-state index in [9.17, 15) is 5.11 Å². The molecule has 0 bridgehead atoms. The number of hydrogen-bond donors (Lipinski definition) is 1. The Morgan fingerprint density at radius 3 is 3.00 bits per heavy atom. The molecular weight excluding hydrogens is 164 g/mol. The average molecular weight is 182 g/mol. The Labute approximate surface area is 79.6 Å². The molecule has 0 radical (unpaired) electrons. The fourth-order valence-electron chi connectivity index (χ4n) is 2.66. The van der Waals surface area contributed by atoms with Gasteiger partial charge in [-0.25, -0.2) is 0 Å². The van der Waals surface area contributed by atoms with Gasteiger partial charge in [-0.15, -0.1) is 0 Å². The Morgan fingerprint density at radius 1 is 1.46 bits per heavy atom. The fourth-order valence-corrected chi connectivity index (χ4v) is 2.66. The van der Waals surface area contributed by atoms with Gasteiger partial charge in [-0.1, -0.05) is 19.1 Å². The summed E-state index contributed by atoms with van der Waals surface area (Å²) in [5, 5.41) is 9.90. The van der Waals surface area contributed by atoms with E-state index in [0.717, 1.165) is 32.3 Å². The van der Waals surface area contributed by atoms with Gasteiger partial charge in [0.05, 0.1) is 0 Å². The highest BCUT2D eigenvalue weighted by atomic mass is 16.6. The van der Waals surface area contributed by atoms with Crippen molar-refractivity contribution in [3.8, 4) is 0 Å². The molecule has 2 rings (SSSR count). The predicted octanol–water partition coefficient (Wildman–Crippen LogP) is 2.09. The van der Waals surface area contributed by atoms with Crippen LogP contribution < -0.4 is 0 Å². The summed E-state index contributed by atoms with van der Waals surface area (Å²) < 4.78 is 5.36. The maximum Gasteiger partial charge on any atom is 0.160 e. The van der Waals surface area contributed by atoms with E-state index < -0.39 is 6.29 Å². The van der Waals surface area contributed by atoms with Crippen LogP contribution in [-0.4, -0.2) is 18.0 Å². The largest absolute Gasteiger partial charge is 0.367 e. The second-order valence-electron chi connectivity index (χ2n) is 4.32.